The zero-order valence-electron chi connectivity index (χ0n) is 15.7. The number of hydrogen-bond acceptors (Lipinski definition) is 7. The number of thiophene rings is 1. The van der Waals surface area contributed by atoms with Crippen LogP contribution in [-0.2, 0) is 12.8 Å². The lowest BCUT2D eigenvalue weighted by Gasteiger charge is -2.07. The molecule has 3 aromatic heterocycles. The molecule has 8 heteroatoms. The maximum atomic E-state index is 11.3. The molecular formula is C21H20N2O3S3. The van der Waals surface area contributed by atoms with E-state index >= 15 is 0 Å². The summed E-state index contributed by atoms with van der Waals surface area (Å²) in [4.78, 5) is 21.9. The van der Waals surface area contributed by atoms with Crippen LogP contribution in [0.1, 0.15) is 37.7 Å². The third-order valence-corrected chi connectivity index (χ3v) is 7.73. The van der Waals surface area contributed by atoms with E-state index in [2.05, 4.69) is 24.0 Å². The van der Waals surface area contributed by atoms with Crippen LogP contribution in [0, 0.1) is 6.92 Å². The van der Waals surface area contributed by atoms with Gasteiger partial charge in [-0.3, -0.25) is 9.78 Å². The smallest absolute Gasteiger partial charge is 0.307 e. The molecule has 3 heterocycles. The lowest BCUT2D eigenvalue weighted by molar-refractivity contribution is 0.171. The van der Waals surface area contributed by atoms with Crippen molar-refractivity contribution < 1.29 is 10.2 Å². The van der Waals surface area contributed by atoms with Gasteiger partial charge in [-0.2, -0.15) is 0 Å². The van der Waals surface area contributed by atoms with E-state index in [0.29, 0.717) is 24.1 Å². The van der Waals surface area contributed by atoms with Crippen molar-refractivity contribution in [2.45, 2.75) is 32.3 Å². The highest BCUT2D eigenvalue weighted by Crippen LogP contribution is 2.32. The molecule has 0 aliphatic heterocycles. The highest BCUT2D eigenvalue weighted by atomic mass is 32.1. The average Bonchev–Trinajstić information content (AvgIpc) is 3.40. The van der Waals surface area contributed by atoms with Gasteiger partial charge in [-0.1, -0.05) is 41.7 Å². The molecule has 0 amide bonds. The van der Waals surface area contributed by atoms with Crippen molar-refractivity contribution >= 4 is 34.0 Å². The number of aromatic hydroxyl groups is 1. The first-order valence-corrected chi connectivity index (χ1v) is 11.6. The van der Waals surface area contributed by atoms with Crippen molar-refractivity contribution in [1.82, 2.24) is 9.97 Å². The van der Waals surface area contributed by atoms with Crippen LogP contribution in [0.4, 0.5) is 0 Å². The second-order valence-electron chi connectivity index (χ2n) is 6.71. The first kappa shape index (κ1) is 20.0. The van der Waals surface area contributed by atoms with E-state index in [1.54, 1.807) is 11.3 Å². The zero-order chi connectivity index (χ0) is 20.4. The molecule has 150 valence electrons. The lowest BCUT2D eigenvalue weighted by atomic mass is 10.1. The molecule has 4 rings (SSSR count). The van der Waals surface area contributed by atoms with Gasteiger partial charge in [0.1, 0.15) is 5.01 Å². The van der Waals surface area contributed by atoms with Crippen LogP contribution in [0.5, 0.6) is 5.88 Å². The number of hydrogen-bond donors (Lipinski definition) is 3. The Morgan fingerprint density at radius 2 is 1.90 bits per heavy atom. The molecule has 0 fully saturated rings. The van der Waals surface area contributed by atoms with Crippen molar-refractivity contribution in [2.24, 2.45) is 0 Å². The van der Waals surface area contributed by atoms with Gasteiger partial charge in [0.15, 0.2) is 0 Å². The van der Waals surface area contributed by atoms with E-state index in [1.807, 2.05) is 30.3 Å². The lowest BCUT2D eigenvalue weighted by Crippen LogP contribution is -1.98. The predicted molar refractivity (Wildman–Crippen MR) is 119 cm³/mol. The zero-order valence-corrected chi connectivity index (χ0v) is 18.2. The van der Waals surface area contributed by atoms with Crippen molar-refractivity contribution in [3.05, 3.63) is 77.3 Å². The predicted octanol–water partition coefficient (Wildman–Crippen LogP) is 4.89. The summed E-state index contributed by atoms with van der Waals surface area (Å²) >= 11 is 4.20. The second-order valence-corrected chi connectivity index (χ2v) is 10.2. The summed E-state index contributed by atoms with van der Waals surface area (Å²) in [6, 6.07) is 14.0. The van der Waals surface area contributed by atoms with E-state index in [9.17, 15) is 15.0 Å². The Hall–Kier alpha value is -2.26. The van der Waals surface area contributed by atoms with Crippen molar-refractivity contribution in [1.29, 1.82) is 0 Å². The van der Waals surface area contributed by atoms with Gasteiger partial charge in [-0.15, -0.1) is 22.7 Å². The number of nitrogens with one attached hydrogen (secondary N) is 1. The van der Waals surface area contributed by atoms with E-state index in [1.165, 1.54) is 16.2 Å². The number of rotatable bonds is 7. The van der Waals surface area contributed by atoms with Crippen LogP contribution < -0.4 is 4.87 Å². The largest absolute Gasteiger partial charge is 0.494 e. The van der Waals surface area contributed by atoms with Crippen LogP contribution in [-0.4, -0.2) is 20.2 Å². The fourth-order valence-corrected chi connectivity index (χ4v) is 5.93. The van der Waals surface area contributed by atoms with Gasteiger partial charge in [-0.05, 0) is 31.9 Å². The topological polar surface area (TPSA) is 86.2 Å². The Morgan fingerprint density at radius 3 is 2.62 bits per heavy atom. The number of aromatic nitrogens is 2. The summed E-state index contributed by atoms with van der Waals surface area (Å²) in [5.74, 6) is -0.0660. The maximum absolute atomic E-state index is 11.3. The molecule has 1 atom stereocenters. The molecule has 4 aromatic rings. The number of aliphatic hydroxyl groups is 1. The molecule has 0 radical (unpaired) electrons. The van der Waals surface area contributed by atoms with Gasteiger partial charge < -0.3 is 10.2 Å². The Morgan fingerprint density at radius 1 is 1.10 bits per heavy atom. The molecule has 1 unspecified atom stereocenters. The first-order valence-electron chi connectivity index (χ1n) is 9.19. The van der Waals surface area contributed by atoms with Crippen molar-refractivity contribution in [3.63, 3.8) is 0 Å². The molecule has 3 N–H and O–H groups in total. The number of aromatic amines is 1. The number of H-pyrrole nitrogens is 1. The van der Waals surface area contributed by atoms with Gasteiger partial charge >= 0.3 is 4.87 Å². The van der Waals surface area contributed by atoms with Crippen molar-refractivity contribution in [3.8, 4) is 16.5 Å². The standard InChI is InChI=1S/C21H20N2O3S3/c1-12-15(22-20(27-12)13-5-3-2-4-6-13)8-9-16(24)17-10-7-14(28-17)11-18-19(25)23-21(26)29-18/h2-7,10,16,24-25H,8-9,11H2,1H3,(H,23,26). The highest BCUT2D eigenvalue weighted by molar-refractivity contribution is 7.15. The normalized spacial score (nSPS) is 12.3. The fraction of sp³-hybridized carbons (Fsp3) is 0.238. The average molecular weight is 445 g/mol. The quantitative estimate of drug-likeness (QED) is 0.379. The molecule has 5 nitrogen and oxygen atoms in total. The summed E-state index contributed by atoms with van der Waals surface area (Å²) in [6.45, 7) is 2.07. The van der Waals surface area contributed by atoms with E-state index in [4.69, 9.17) is 4.98 Å². The minimum Gasteiger partial charge on any atom is -0.494 e. The third-order valence-electron chi connectivity index (χ3n) is 4.61. The van der Waals surface area contributed by atoms with Crippen LogP contribution in [0.2, 0.25) is 0 Å². The van der Waals surface area contributed by atoms with E-state index < -0.39 is 6.10 Å². The Bertz CT molecular complexity index is 1160. The minimum atomic E-state index is -0.561. The monoisotopic (exact) mass is 444 g/mol. The van der Waals surface area contributed by atoms with Crippen LogP contribution in [0.3, 0.4) is 0 Å². The molecule has 0 spiro atoms. The van der Waals surface area contributed by atoms with Gasteiger partial charge in [0.25, 0.3) is 0 Å². The summed E-state index contributed by atoms with van der Waals surface area (Å²) in [6.07, 6.45) is 1.23. The second kappa shape index (κ2) is 8.62. The first-order chi connectivity index (χ1) is 14.0. The highest BCUT2D eigenvalue weighted by Gasteiger charge is 2.16. The van der Waals surface area contributed by atoms with Crippen LogP contribution in [0.25, 0.3) is 10.6 Å². The third kappa shape index (κ3) is 4.67. The molecule has 0 bridgehead atoms. The number of nitrogens with zero attached hydrogens (tertiary/aromatic N) is 1. The van der Waals surface area contributed by atoms with Crippen molar-refractivity contribution in [2.75, 3.05) is 0 Å². The maximum Gasteiger partial charge on any atom is 0.307 e. The minimum absolute atomic E-state index is 0.0660. The molecule has 29 heavy (non-hydrogen) atoms. The fourth-order valence-electron chi connectivity index (χ4n) is 3.08. The molecule has 0 saturated carbocycles. The number of aliphatic hydroxyl groups excluding tert-OH is 1. The molecule has 0 aliphatic rings. The van der Waals surface area contributed by atoms with Gasteiger partial charge in [0, 0.05) is 26.6 Å². The summed E-state index contributed by atoms with van der Waals surface area (Å²) in [5, 5.41) is 21.4. The van der Waals surface area contributed by atoms with E-state index in [-0.39, 0.29) is 10.8 Å². The van der Waals surface area contributed by atoms with Gasteiger partial charge in [-0.25, -0.2) is 4.98 Å². The van der Waals surface area contributed by atoms with E-state index in [0.717, 1.165) is 37.4 Å². The SMILES string of the molecule is Cc1sc(-c2ccccc2)nc1CCC(O)c1ccc(Cc2sc(=O)[nH]c2O)s1. The van der Waals surface area contributed by atoms with Gasteiger partial charge in [0.05, 0.1) is 16.7 Å². The van der Waals surface area contributed by atoms with Gasteiger partial charge in [0.2, 0.25) is 5.88 Å². The van der Waals surface area contributed by atoms with Crippen LogP contribution in [0.15, 0.2) is 47.3 Å². The summed E-state index contributed by atoms with van der Waals surface area (Å²) < 4.78 is 0. The molecule has 0 saturated heterocycles. The Balaban J connectivity index is 1.40. The summed E-state index contributed by atoms with van der Waals surface area (Å²) in [7, 11) is 0. The Kier molecular flexibility index (Phi) is 5.96. The number of thiazole rings is 2. The molecule has 1 aromatic carbocycles. The number of benzene rings is 1. The van der Waals surface area contributed by atoms with Crippen LogP contribution >= 0.6 is 34.0 Å². The Labute approximate surface area is 180 Å². The molecule has 0 aliphatic carbocycles. The summed E-state index contributed by atoms with van der Waals surface area (Å²) in [5.41, 5.74) is 2.15. The number of aryl methyl sites for hydroxylation is 2. The molecular weight excluding hydrogens is 424 g/mol.